The molecular weight excluding hydrogens is 262 g/mol. The van der Waals surface area contributed by atoms with Gasteiger partial charge in [-0.1, -0.05) is 30.3 Å². The molecule has 4 N–H and O–H groups in total. The lowest BCUT2D eigenvalue weighted by molar-refractivity contribution is 0.0994. The van der Waals surface area contributed by atoms with E-state index < -0.39 is 28.6 Å². The number of primary amides is 1. The largest absolute Gasteiger partial charge is 0.494 e. The van der Waals surface area contributed by atoms with E-state index in [4.69, 9.17) is 5.73 Å². The molecule has 1 amide bonds. The van der Waals surface area contributed by atoms with Crippen LogP contribution in [0.15, 0.2) is 39.9 Å². The number of aromatic hydroxyl groups is 1. The van der Waals surface area contributed by atoms with Gasteiger partial charge in [0.2, 0.25) is 5.88 Å². The standard InChI is InChI=1S/C13H13N3O4/c14-10(17)9-11(18)15-13(20)16(12(9)19)7-6-8-4-2-1-3-5-8/h1-5,19H,6-7H2,(H2,14,17)(H,15,18,20). The number of hydrogen-bond donors (Lipinski definition) is 3. The van der Waals surface area contributed by atoms with Crippen LogP contribution in [0.3, 0.4) is 0 Å². The summed E-state index contributed by atoms with van der Waals surface area (Å²) in [6.45, 7) is 0.117. The van der Waals surface area contributed by atoms with Crippen LogP contribution in [0, 0.1) is 0 Å². The monoisotopic (exact) mass is 275 g/mol. The van der Waals surface area contributed by atoms with Crippen molar-refractivity contribution in [1.82, 2.24) is 9.55 Å². The highest BCUT2D eigenvalue weighted by Crippen LogP contribution is 2.10. The minimum atomic E-state index is -1.09. The molecule has 0 bridgehead atoms. The highest BCUT2D eigenvalue weighted by molar-refractivity contribution is 5.94. The Bertz CT molecular complexity index is 746. The molecule has 0 radical (unpaired) electrons. The van der Waals surface area contributed by atoms with E-state index in [1.54, 1.807) is 0 Å². The lowest BCUT2D eigenvalue weighted by Gasteiger charge is -2.09. The third-order valence-electron chi connectivity index (χ3n) is 2.89. The van der Waals surface area contributed by atoms with Gasteiger partial charge in [0.25, 0.3) is 11.5 Å². The molecule has 0 saturated carbocycles. The quantitative estimate of drug-likeness (QED) is 0.702. The van der Waals surface area contributed by atoms with Crippen LogP contribution in [0.1, 0.15) is 15.9 Å². The fourth-order valence-corrected chi connectivity index (χ4v) is 1.87. The molecule has 2 aromatic rings. The van der Waals surface area contributed by atoms with E-state index in [2.05, 4.69) is 0 Å². The van der Waals surface area contributed by atoms with Crippen molar-refractivity contribution in [3.8, 4) is 5.88 Å². The van der Waals surface area contributed by atoms with Crippen molar-refractivity contribution in [1.29, 1.82) is 0 Å². The average Bonchev–Trinajstić information content (AvgIpc) is 2.38. The van der Waals surface area contributed by atoms with Gasteiger partial charge in [-0.2, -0.15) is 0 Å². The molecule has 0 spiro atoms. The number of aromatic nitrogens is 2. The summed E-state index contributed by atoms with van der Waals surface area (Å²) in [6.07, 6.45) is 0.457. The van der Waals surface area contributed by atoms with E-state index in [1.807, 2.05) is 35.3 Å². The molecule has 0 saturated heterocycles. The molecule has 0 aliphatic carbocycles. The highest BCUT2D eigenvalue weighted by atomic mass is 16.3. The van der Waals surface area contributed by atoms with E-state index in [0.29, 0.717) is 6.42 Å². The van der Waals surface area contributed by atoms with Crippen molar-refractivity contribution in [2.75, 3.05) is 0 Å². The van der Waals surface area contributed by atoms with Gasteiger partial charge >= 0.3 is 5.69 Å². The molecule has 104 valence electrons. The van der Waals surface area contributed by atoms with Crippen LogP contribution in [0.5, 0.6) is 5.88 Å². The number of H-pyrrole nitrogens is 1. The molecule has 1 aromatic carbocycles. The Morgan fingerprint density at radius 2 is 1.90 bits per heavy atom. The van der Waals surface area contributed by atoms with Gasteiger partial charge in [0.15, 0.2) is 5.56 Å². The fourth-order valence-electron chi connectivity index (χ4n) is 1.87. The number of aromatic amines is 1. The molecule has 1 aromatic heterocycles. The first-order valence-corrected chi connectivity index (χ1v) is 5.90. The van der Waals surface area contributed by atoms with Gasteiger partial charge in [-0.15, -0.1) is 0 Å². The number of benzene rings is 1. The Kier molecular flexibility index (Phi) is 3.69. The third kappa shape index (κ3) is 2.61. The number of nitrogens with two attached hydrogens (primary N) is 1. The Hall–Kier alpha value is -2.83. The van der Waals surface area contributed by atoms with Gasteiger partial charge in [0, 0.05) is 6.54 Å². The molecule has 0 atom stereocenters. The van der Waals surface area contributed by atoms with Crippen LogP contribution in [0.4, 0.5) is 0 Å². The lowest BCUT2D eigenvalue weighted by Crippen LogP contribution is -2.35. The number of nitrogens with zero attached hydrogens (tertiary/aromatic N) is 1. The Balaban J connectivity index is 2.37. The predicted molar refractivity (Wildman–Crippen MR) is 71.7 cm³/mol. The van der Waals surface area contributed by atoms with Crippen LogP contribution >= 0.6 is 0 Å². The van der Waals surface area contributed by atoms with E-state index in [1.165, 1.54) is 0 Å². The van der Waals surface area contributed by atoms with Gasteiger partial charge in [0.05, 0.1) is 0 Å². The molecule has 0 aliphatic heterocycles. The number of carbonyl (C=O) groups is 1. The second-order valence-electron chi connectivity index (χ2n) is 4.21. The van der Waals surface area contributed by atoms with Crippen molar-refractivity contribution in [2.24, 2.45) is 5.73 Å². The predicted octanol–water partition coefficient (Wildman–Crippen LogP) is -0.416. The maximum atomic E-state index is 11.7. The Labute approximate surface area is 113 Å². The van der Waals surface area contributed by atoms with Crippen molar-refractivity contribution >= 4 is 5.91 Å². The zero-order valence-corrected chi connectivity index (χ0v) is 10.5. The number of aryl methyl sites for hydroxylation is 1. The second-order valence-corrected chi connectivity index (χ2v) is 4.21. The molecule has 20 heavy (non-hydrogen) atoms. The molecule has 0 unspecified atom stereocenters. The number of nitrogens with one attached hydrogen (secondary N) is 1. The SMILES string of the molecule is NC(=O)c1c(O)n(CCc2ccccc2)c(=O)[nH]c1=O. The summed E-state index contributed by atoms with van der Waals surface area (Å²) in [5.74, 6) is -1.79. The number of amides is 1. The minimum Gasteiger partial charge on any atom is -0.494 e. The molecular formula is C13H13N3O4. The maximum absolute atomic E-state index is 11.7. The molecule has 1 heterocycles. The summed E-state index contributed by atoms with van der Waals surface area (Å²) in [6, 6.07) is 9.28. The number of hydrogen-bond acceptors (Lipinski definition) is 4. The molecule has 7 heteroatoms. The van der Waals surface area contributed by atoms with E-state index in [9.17, 15) is 19.5 Å². The smallest absolute Gasteiger partial charge is 0.331 e. The van der Waals surface area contributed by atoms with Crippen molar-refractivity contribution in [3.05, 3.63) is 62.3 Å². The van der Waals surface area contributed by atoms with Crippen LogP contribution in [-0.2, 0) is 13.0 Å². The molecule has 0 aliphatic rings. The summed E-state index contributed by atoms with van der Waals surface area (Å²) in [5, 5.41) is 9.84. The summed E-state index contributed by atoms with van der Waals surface area (Å²) in [4.78, 5) is 36.1. The minimum absolute atomic E-state index is 0.117. The topological polar surface area (TPSA) is 118 Å². The lowest BCUT2D eigenvalue weighted by atomic mass is 10.1. The highest BCUT2D eigenvalue weighted by Gasteiger charge is 2.18. The average molecular weight is 275 g/mol. The summed E-state index contributed by atoms with van der Waals surface area (Å²) >= 11 is 0. The maximum Gasteiger partial charge on any atom is 0.331 e. The molecule has 0 fully saturated rings. The first-order valence-electron chi connectivity index (χ1n) is 5.90. The van der Waals surface area contributed by atoms with E-state index in [0.717, 1.165) is 10.1 Å². The Morgan fingerprint density at radius 1 is 1.25 bits per heavy atom. The van der Waals surface area contributed by atoms with Crippen LogP contribution in [0.2, 0.25) is 0 Å². The summed E-state index contributed by atoms with van der Waals surface area (Å²) in [5.41, 5.74) is 3.57. The van der Waals surface area contributed by atoms with Crippen LogP contribution < -0.4 is 17.0 Å². The van der Waals surface area contributed by atoms with Gasteiger partial charge in [0.1, 0.15) is 0 Å². The van der Waals surface area contributed by atoms with Crippen molar-refractivity contribution in [2.45, 2.75) is 13.0 Å². The van der Waals surface area contributed by atoms with Gasteiger partial charge in [-0.05, 0) is 12.0 Å². The molecule has 2 rings (SSSR count). The van der Waals surface area contributed by atoms with E-state index in [-0.39, 0.29) is 6.54 Å². The second kappa shape index (κ2) is 5.43. The van der Waals surface area contributed by atoms with Crippen molar-refractivity contribution < 1.29 is 9.90 Å². The van der Waals surface area contributed by atoms with Gasteiger partial charge in [-0.3, -0.25) is 19.1 Å². The summed E-state index contributed by atoms with van der Waals surface area (Å²) in [7, 11) is 0. The van der Waals surface area contributed by atoms with Gasteiger partial charge < -0.3 is 10.8 Å². The van der Waals surface area contributed by atoms with Crippen LogP contribution in [0.25, 0.3) is 0 Å². The Morgan fingerprint density at radius 3 is 2.50 bits per heavy atom. The summed E-state index contributed by atoms with van der Waals surface area (Å²) < 4.78 is 0.911. The number of carbonyl (C=O) groups excluding carboxylic acids is 1. The first-order chi connectivity index (χ1) is 9.50. The van der Waals surface area contributed by atoms with Gasteiger partial charge in [-0.25, -0.2) is 4.79 Å². The fraction of sp³-hybridized carbons (Fsp3) is 0.154. The normalized spacial score (nSPS) is 10.4. The van der Waals surface area contributed by atoms with E-state index >= 15 is 0 Å². The van der Waals surface area contributed by atoms with Crippen LogP contribution in [-0.4, -0.2) is 20.6 Å². The molecule has 7 nitrogen and oxygen atoms in total. The zero-order valence-electron chi connectivity index (χ0n) is 10.5. The first kappa shape index (κ1) is 13.6. The van der Waals surface area contributed by atoms with Crippen molar-refractivity contribution in [3.63, 3.8) is 0 Å². The zero-order chi connectivity index (χ0) is 14.7. The number of rotatable bonds is 4. The third-order valence-corrected chi connectivity index (χ3v) is 2.89.